The topological polar surface area (TPSA) is 20.3 Å². The van der Waals surface area contributed by atoms with Crippen molar-refractivity contribution in [1.29, 1.82) is 0 Å². The molecule has 0 aromatic rings. The molecule has 0 radical (unpaired) electrons. The summed E-state index contributed by atoms with van der Waals surface area (Å²) in [5, 5.41) is 0. The Kier molecular flexibility index (Phi) is 7.92. The van der Waals surface area contributed by atoms with E-state index in [9.17, 15) is 4.79 Å². The molecule has 140 valence electrons. The molecule has 1 aliphatic carbocycles. The summed E-state index contributed by atoms with van der Waals surface area (Å²) in [6, 6.07) is 0. The van der Waals surface area contributed by atoms with Crippen LogP contribution in [0.4, 0.5) is 0 Å². The van der Waals surface area contributed by atoms with Crippen molar-refractivity contribution in [2.45, 2.75) is 61.3 Å². The van der Waals surface area contributed by atoms with E-state index in [2.05, 4.69) is 78.8 Å². The normalized spacial score (nSPS) is 22.0. The van der Waals surface area contributed by atoms with Crippen LogP contribution in [0.5, 0.6) is 0 Å². The molecular weight excluding hydrogens is 306 g/mol. The number of carbonyl (C=O) groups is 1. The summed E-state index contributed by atoms with van der Waals surface area (Å²) in [7, 11) is 1.93. The highest BCUT2D eigenvalue weighted by atomic mass is 16.2. The van der Waals surface area contributed by atoms with Crippen LogP contribution in [0.2, 0.25) is 0 Å². The van der Waals surface area contributed by atoms with Crippen molar-refractivity contribution >= 4 is 5.91 Å². The first-order valence-electron chi connectivity index (χ1n) is 9.57. The van der Waals surface area contributed by atoms with Gasteiger partial charge in [-0.1, -0.05) is 70.1 Å². The maximum absolute atomic E-state index is 12.7. The minimum Gasteiger partial charge on any atom is -0.344 e. The lowest BCUT2D eigenvalue weighted by Crippen LogP contribution is -2.38. The van der Waals surface area contributed by atoms with Crippen LogP contribution in [0.25, 0.3) is 0 Å². The van der Waals surface area contributed by atoms with Gasteiger partial charge in [-0.15, -0.1) is 0 Å². The van der Waals surface area contributed by atoms with Crippen LogP contribution >= 0.6 is 0 Å². The summed E-state index contributed by atoms with van der Waals surface area (Å²) in [4.78, 5) is 14.6. The first-order chi connectivity index (χ1) is 11.6. The first kappa shape index (κ1) is 21.5. The molecule has 0 fully saturated rings. The fourth-order valence-electron chi connectivity index (χ4n) is 3.24. The maximum Gasteiger partial charge on any atom is 0.225 e. The zero-order chi connectivity index (χ0) is 19.2. The standard InChI is InChI=1S/C23H37NO/c1-9-18(4)15-19(5)22(25)24(8)16-23(7)13-10-11-21(12-14-23)20(6)17(2)3/h10-14,18-19H,9,15-16H2,1-8H3/t18-,19?,23?/m0/s1. The van der Waals surface area contributed by atoms with Crippen molar-refractivity contribution < 1.29 is 4.79 Å². The van der Waals surface area contributed by atoms with Gasteiger partial charge >= 0.3 is 0 Å². The lowest BCUT2D eigenvalue weighted by molar-refractivity contribution is -0.134. The molecule has 0 aliphatic heterocycles. The predicted molar refractivity (Wildman–Crippen MR) is 109 cm³/mol. The molecule has 0 N–H and O–H groups in total. The molecule has 25 heavy (non-hydrogen) atoms. The Hall–Kier alpha value is -1.57. The molecular formula is C23H37NO. The molecule has 1 rings (SSSR count). The fourth-order valence-corrected chi connectivity index (χ4v) is 3.24. The number of hydrogen-bond acceptors (Lipinski definition) is 1. The largest absolute Gasteiger partial charge is 0.344 e. The van der Waals surface area contributed by atoms with Gasteiger partial charge in [0.2, 0.25) is 5.91 Å². The lowest BCUT2D eigenvalue weighted by Gasteiger charge is -2.30. The molecule has 0 saturated heterocycles. The molecule has 1 amide bonds. The van der Waals surface area contributed by atoms with Crippen molar-refractivity contribution in [2.24, 2.45) is 17.3 Å². The number of hydrogen-bond donors (Lipinski definition) is 0. The number of carbonyl (C=O) groups excluding carboxylic acids is 1. The van der Waals surface area contributed by atoms with Crippen LogP contribution in [-0.4, -0.2) is 24.4 Å². The molecule has 0 aromatic carbocycles. The zero-order valence-corrected chi connectivity index (χ0v) is 17.5. The summed E-state index contributed by atoms with van der Waals surface area (Å²) in [6.45, 7) is 15.8. The minimum atomic E-state index is -0.138. The minimum absolute atomic E-state index is 0.0869. The molecule has 0 saturated carbocycles. The Morgan fingerprint density at radius 1 is 1.20 bits per heavy atom. The monoisotopic (exact) mass is 343 g/mol. The van der Waals surface area contributed by atoms with Crippen molar-refractivity contribution in [3.63, 3.8) is 0 Å². The second-order valence-corrected chi connectivity index (χ2v) is 8.29. The van der Waals surface area contributed by atoms with E-state index in [1.54, 1.807) is 0 Å². The van der Waals surface area contributed by atoms with Crippen LogP contribution in [0.3, 0.4) is 0 Å². The van der Waals surface area contributed by atoms with Gasteiger partial charge in [0, 0.05) is 24.9 Å². The van der Waals surface area contributed by atoms with E-state index in [0.717, 1.165) is 12.8 Å². The maximum atomic E-state index is 12.7. The summed E-state index contributed by atoms with van der Waals surface area (Å²) in [5.41, 5.74) is 3.76. The lowest BCUT2D eigenvalue weighted by atomic mass is 9.88. The first-order valence-corrected chi connectivity index (χ1v) is 9.57. The van der Waals surface area contributed by atoms with Gasteiger partial charge in [0.05, 0.1) is 0 Å². The average Bonchev–Trinajstić information content (AvgIpc) is 2.74. The Balaban J connectivity index is 2.81. The Bertz CT molecular complexity index is 589. The zero-order valence-electron chi connectivity index (χ0n) is 17.5. The van der Waals surface area contributed by atoms with E-state index in [1.807, 2.05) is 11.9 Å². The van der Waals surface area contributed by atoms with E-state index in [0.29, 0.717) is 12.5 Å². The summed E-state index contributed by atoms with van der Waals surface area (Å²) >= 11 is 0. The second kappa shape index (κ2) is 9.22. The number of allylic oxidation sites excluding steroid dienone is 6. The number of amides is 1. The number of rotatable bonds is 7. The van der Waals surface area contributed by atoms with E-state index in [-0.39, 0.29) is 17.2 Å². The van der Waals surface area contributed by atoms with Gasteiger partial charge in [0.15, 0.2) is 0 Å². The molecule has 0 heterocycles. The predicted octanol–water partition coefficient (Wildman–Crippen LogP) is 5.93. The number of nitrogens with zero attached hydrogens (tertiary/aromatic N) is 1. The fraction of sp³-hybridized carbons (Fsp3) is 0.609. The van der Waals surface area contributed by atoms with Crippen molar-refractivity contribution in [2.75, 3.05) is 13.6 Å². The van der Waals surface area contributed by atoms with E-state index < -0.39 is 0 Å². The van der Waals surface area contributed by atoms with Gasteiger partial charge in [0.1, 0.15) is 0 Å². The second-order valence-electron chi connectivity index (χ2n) is 8.29. The van der Waals surface area contributed by atoms with E-state index in [1.165, 1.54) is 16.7 Å². The molecule has 3 atom stereocenters. The van der Waals surface area contributed by atoms with E-state index in [4.69, 9.17) is 0 Å². The smallest absolute Gasteiger partial charge is 0.225 e. The van der Waals surface area contributed by atoms with Crippen molar-refractivity contribution in [3.05, 3.63) is 47.1 Å². The van der Waals surface area contributed by atoms with Gasteiger partial charge in [-0.25, -0.2) is 0 Å². The van der Waals surface area contributed by atoms with E-state index >= 15 is 0 Å². The molecule has 2 heteroatoms. The summed E-state index contributed by atoms with van der Waals surface area (Å²) < 4.78 is 0. The molecule has 1 aliphatic rings. The highest BCUT2D eigenvalue weighted by molar-refractivity contribution is 5.78. The van der Waals surface area contributed by atoms with Gasteiger partial charge in [-0.05, 0) is 44.3 Å². The third kappa shape index (κ3) is 6.34. The molecule has 0 spiro atoms. The van der Waals surface area contributed by atoms with Crippen molar-refractivity contribution in [1.82, 2.24) is 4.90 Å². The van der Waals surface area contributed by atoms with Crippen molar-refractivity contribution in [3.8, 4) is 0 Å². The summed E-state index contributed by atoms with van der Waals surface area (Å²) in [5.74, 6) is 0.935. The molecule has 2 unspecified atom stereocenters. The third-order valence-electron chi connectivity index (χ3n) is 5.41. The molecule has 2 nitrogen and oxygen atoms in total. The van der Waals surface area contributed by atoms with Gasteiger partial charge in [-0.2, -0.15) is 0 Å². The van der Waals surface area contributed by atoms with Crippen LogP contribution in [0.1, 0.15) is 61.3 Å². The van der Waals surface area contributed by atoms with Crippen LogP contribution in [0.15, 0.2) is 47.1 Å². The Morgan fingerprint density at radius 3 is 2.40 bits per heavy atom. The quantitative estimate of drug-likeness (QED) is 0.561. The van der Waals surface area contributed by atoms with Gasteiger partial charge in [-0.3, -0.25) is 4.79 Å². The SMILES string of the molecule is CC[C@H](C)CC(C)C(=O)N(C)CC1(C)C=CC=C(C(C)=C(C)C)C=C1. The summed E-state index contributed by atoms with van der Waals surface area (Å²) in [6.07, 6.45) is 13.0. The molecule has 0 aromatic heterocycles. The molecule has 0 bridgehead atoms. The Labute approximate surface area is 155 Å². The highest BCUT2D eigenvalue weighted by Gasteiger charge is 2.26. The van der Waals surface area contributed by atoms with Crippen LogP contribution in [-0.2, 0) is 4.79 Å². The van der Waals surface area contributed by atoms with Crippen LogP contribution < -0.4 is 0 Å². The van der Waals surface area contributed by atoms with Crippen LogP contribution in [0, 0.1) is 17.3 Å². The van der Waals surface area contributed by atoms with Gasteiger partial charge < -0.3 is 4.90 Å². The average molecular weight is 344 g/mol. The highest BCUT2D eigenvalue weighted by Crippen LogP contribution is 2.28. The van der Waals surface area contributed by atoms with Gasteiger partial charge in [0.25, 0.3) is 0 Å². The third-order valence-corrected chi connectivity index (χ3v) is 5.41. The Morgan fingerprint density at radius 2 is 1.84 bits per heavy atom.